The van der Waals surface area contributed by atoms with Crippen molar-refractivity contribution >= 4 is 11.5 Å². The number of rotatable bonds is 4. The Balaban J connectivity index is 2.11. The number of hydrogen-bond donors (Lipinski definition) is 1. The van der Waals surface area contributed by atoms with Crippen molar-refractivity contribution in [2.24, 2.45) is 0 Å². The van der Waals surface area contributed by atoms with Crippen LogP contribution in [0, 0.1) is 28.4 Å². The number of benzene rings is 1. The van der Waals surface area contributed by atoms with Gasteiger partial charge in [-0.3, -0.25) is 10.1 Å². The molecule has 2 rings (SSSR count). The van der Waals surface area contributed by atoms with Crippen LogP contribution in [0.3, 0.4) is 0 Å². The molecule has 20 heavy (non-hydrogen) atoms. The molecule has 0 radical (unpaired) electrons. The SMILES string of the molecule is Cc1ccnc(NCc2ccc([N+](=O)[O-])cc2)c1C#N. The lowest BCUT2D eigenvalue weighted by Gasteiger charge is -2.08. The summed E-state index contributed by atoms with van der Waals surface area (Å²) in [5.41, 5.74) is 2.30. The van der Waals surface area contributed by atoms with Crippen LogP contribution in [0.4, 0.5) is 11.5 Å². The maximum Gasteiger partial charge on any atom is 0.269 e. The first-order chi connectivity index (χ1) is 9.61. The standard InChI is InChI=1S/C14H12N4O2/c1-10-6-7-16-14(13(10)8-15)17-9-11-2-4-12(5-3-11)18(19)20/h2-7H,9H2,1H3,(H,16,17). The van der Waals surface area contributed by atoms with E-state index in [1.54, 1.807) is 24.4 Å². The lowest BCUT2D eigenvalue weighted by atomic mass is 10.1. The van der Waals surface area contributed by atoms with Gasteiger partial charge < -0.3 is 5.32 Å². The molecule has 2 aromatic rings. The van der Waals surface area contributed by atoms with Gasteiger partial charge in [0.15, 0.2) is 0 Å². The Kier molecular flexibility index (Phi) is 3.91. The molecule has 6 heteroatoms. The molecule has 0 bridgehead atoms. The van der Waals surface area contributed by atoms with Crippen molar-refractivity contribution in [2.45, 2.75) is 13.5 Å². The quantitative estimate of drug-likeness (QED) is 0.680. The summed E-state index contributed by atoms with van der Waals surface area (Å²) >= 11 is 0. The van der Waals surface area contributed by atoms with Gasteiger partial charge in [-0.1, -0.05) is 12.1 Å². The van der Waals surface area contributed by atoms with Gasteiger partial charge in [-0.05, 0) is 24.1 Å². The Morgan fingerprint density at radius 1 is 1.35 bits per heavy atom. The number of nitrogens with zero attached hydrogens (tertiary/aromatic N) is 3. The molecule has 0 spiro atoms. The van der Waals surface area contributed by atoms with E-state index < -0.39 is 4.92 Å². The van der Waals surface area contributed by atoms with Gasteiger partial charge in [0.2, 0.25) is 0 Å². The predicted molar refractivity (Wildman–Crippen MR) is 74.1 cm³/mol. The molecule has 0 amide bonds. The Bertz CT molecular complexity index is 675. The van der Waals surface area contributed by atoms with Gasteiger partial charge >= 0.3 is 0 Å². The lowest BCUT2D eigenvalue weighted by molar-refractivity contribution is -0.384. The fourth-order valence-electron chi connectivity index (χ4n) is 1.75. The van der Waals surface area contributed by atoms with Crippen LogP contribution in [0.15, 0.2) is 36.5 Å². The van der Waals surface area contributed by atoms with Crippen molar-refractivity contribution in [3.63, 3.8) is 0 Å². The summed E-state index contributed by atoms with van der Waals surface area (Å²) in [5.74, 6) is 0.519. The smallest absolute Gasteiger partial charge is 0.269 e. The van der Waals surface area contributed by atoms with E-state index in [2.05, 4.69) is 16.4 Å². The molecule has 1 aromatic carbocycles. The van der Waals surface area contributed by atoms with Crippen molar-refractivity contribution in [1.82, 2.24) is 4.98 Å². The van der Waals surface area contributed by atoms with Crippen LogP contribution in [0.5, 0.6) is 0 Å². The normalized spacial score (nSPS) is 9.80. The number of nitriles is 1. The number of aromatic nitrogens is 1. The van der Waals surface area contributed by atoms with Crippen LogP contribution in [0.25, 0.3) is 0 Å². The third kappa shape index (κ3) is 2.90. The number of pyridine rings is 1. The van der Waals surface area contributed by atoms with E-state index in [1.165, 1.54) is 12.1 Å². The third-order valence-corrected chi connectivity index (χ3v) is 2.88. The average Bonchev–Trinajstić information content (AvgIpc) is 2.45. The molecule has 0 saturated heterocycles. The topological polar surface area (TPSA) is 91.8 Å². The van der Waals surface area contributed by atoms with Crippen LogP contribution in [-0.4, -0.2) is 9.91 Å². The van der Waals surface area contributed by atoms with Gasteiger partial charge in [0.1, 0.15) is 11.9 Å². The van der Waals surface area contributed by atoms with Gasteiger partial charge in [-0.25, -0.2) is 4.98 Å². The van der Waals surface area contributed by atoms with Gasteiger partial charge in [-0.15, -0.1) is 0 Å². The highest BCUT2D eigenvalue weighted by Crippen LogP contribution is 2.17. The van der Waals surface area contributed by atoms with E-state index >= 15 is 0 Å². The zero-order chi connectivity index (χ0) is 14.5. The van der Waals surface area contributed by atoms with Crippen LogP contribution in [-0.2, 0) is 6.54 Å². The highest BCUT2D eigenvalue weighted by Gasteiger charge is 2.07. The third-order valence-electron chi connectivity index (χ3n) is 2.88. The highest BCUT2D eigenvalue weighted by atomic mass is 16.6. The number of nitro benzene ring substituents is 1. The molecule has 1 aromatic heterocycles. The Labute approximate surface area is 115 Å². The van der Waals surface area contributed by atoms with Gasteiger partial charge in [0, 0.05) is 24.9 Å². The first-order valence-electron chi connectivity index (χ1n) is 5.94. The monoisotopic (exact) mass is 268 g/mol. The number of hydrogen-bond acceptors (Lipinski definition) is 5. The Hall–Kier alpha value is -2.94. The summed E-state index contributed by atoms with van der Waals surface area (Å²) in [4.78, 5) is 14.2. The number of nitro groups is 1. The maximum absolute atomic E-state index is 10.6. The van der Waals surface area contributed by atoms with Gasteiger partial charge in [0.05, 0.1) is 10.5 Å². The molecule has 0 fully saturated rings. The summed E-state index contributed by atoms with van der Waals surface area (Å²) < 4.78 is 0. The maximum atomic E-state index is 10.6. The summed E-state index contributed by atoms with van der Waals surface area (Å²) in [5, 5.41) is 22.7. The number of non-ortho nitro benzene ring substituents is 1. The van der Waals surface area contributed by atoms with Crippen molar-refractivity contribution in [3.8, 4) is 6.07 Å². The van der Waals surface area contributed by atoms with E-state index in [9.17, 15) is 10.1 Å². The minimum atomic E-state index is -0.437. The predicted octanol–water partition coefficient (Wildman–Crippen LogP) is 2.78. The minimum Gasteiger partial charge on any atom is -0.365 e. The zero-order valence-electron chi connectivity index (χ0n) is 10.8. The average molecular weight is 268 g/mol. The van der Waals surface area contributed by atoms with E-state index in [0.717, 1.165) is 11.1 Å². The molecule has 100 valence electrons. The molecule has 0 aliphatic rings. The Morgan fingerprint density at radius 2 is 2.05 bits per heavy atom. The van der Waals surface area contributed by atoms with E-state index in [4.69, 9.17) is 5.26 Å². The van der Waals surface area contributed by atoms with Crippen LogP contribution in [0.2, 0.25) is 0 Å². The van der Waals surface area contributed by atoms with Crippen molar-refractivity contribution in [1.29, 1.82) is 5.26 Å². The summed E-state index contributed by atoms with van der Waals surface area (Å²) in [6, 6.07) is 10.1. The summed E-state index contributed by atoms with van der Waals surface area (Å²) in [7, 11) is 0. The largest absolute Gasteiger partial charge is 0.365 e. The number of nitrogens with one attached hydrogen (secondary N) is 1. The van der Waals surface area contributed by atoms with E-state index in [1.807, 2.05) is 6.92 Å². The van der Waals surface area contributed by atoms with Crippen LogP contribution < -0.4 is 5.32 Å². The van der Waals surface area contributed by atoms with Crippen molar-refractivity contribution in [3.05, 3.63) is 63.3 Å². The lowest BCUT2D eigenvalue weighted by Crippen LogP contribution is -2.04. The second-order valence-corrected chi connectivity index (χ2v) is 4.24. The van der Waals surface area contributed by atoms with Crippen LogP contribution in [0.1, 0.15) is 16.7 Å². The molecule has 0 aliphatic carbocycles. The van der Waals surface area contributed by atoms with Gasteiger partial charge in [0.25, 0.3) is 5.69 Å². The first-order valence-corrected chi connectivity index (χ1v) is 5.94. The van der Waals surface area contributed by atoms with Crippen LogP contribution >= 0.6 is 0 Å². The molecular weight excluding hydrogens is 256 g/mol. The van der Waals surface area contributed by atoms with E-state index in [-0.39, 0.29) is 5.69 Å². The number of anilines is 1. The second-order valence-electron chi connectivity index (χ2n) is 4.24. The van der Waals surface area contributed by atoms with Crippen molar-refractivity contribution in [2.75, 3.05) is 5.32 Å². The molecule has 0 atom stereocenters. The van der Waals surface area contributed by atoms with Gasteiger partial charge in [-0.2, -0.15) is 5.26 Å². The summed E-state index contributed by atoms with van der Waals surface area (Å²) in [6.45, 7) is 2.29. The summed E-state index contributed by atoms with van der Waals surface area (Å²) in [6.07, 6.45) is 1.63. The molecule has 0 aliphatic heterocycles. The van der Waals surface area contributed by atoms with Crippen molar-refractivity contribution < 1.29 is 4.92 Å². The molecule has 6 nitrogen and oxygen atoms in total. The first kappa shape index (κ1) is 13.5. The highest BCUT2D eigenvalue weighted by molar-refractivity contribution is 5.55. The molecule has 1 heterocycles. The molecular formula is C14H12N4O2. The fourth-order valence-corrected chi connectivity index (χ4v) is 1.75. The molecule has 0 saturated carbocycles. The fraction of sp³-hybridized carbons (Fsp3) is 0.143. The molecule has 0 unspecified atom stereocenters. The zero-order valence-corrected chi connectivity index (χ0v) is 10.8. The molecule has 1 N–H and O–H groups in total. The second kappa shape index (κ2) is 5.80. The Morgan fingerprint density at radius 3 is 2.65 bits per heavy atom. The van der Waals surface area contributed by atoms with E-state index in [0.29, 0.717) is 17.9 Å². The minimum absolute atomic E-state index is 0.0557. The number of aryl methyl sites for hydroxylation is 1.